The number of aliphatic hydroxyl groups is 1. The maximum Gasteiger partial charge on any atom is 0.123 e. The molecule has 1 saturated heterocycles. The predicted molar refractivity (Wildman–Crippen MR) is 97.4 cm³/mol. The molecule has 3 rings (SSSR count). The molecule has 1 aliphatic rings. The highest BCUT2D eigenvalue weighted by Gasteiger charge is 2.27. The van der Waals surface area contributed by atoms with Crippen molar-refractivity contribution in [3.63, 3.8) is 0 Å². The molecule has 6 nitrogen and oxygen atoms in total. The average Bonchev–Trinajstić information content (AvgIpc) is 3.12. The van der Waals surface area contributed by atoms with Crippen molar-refractivity contribution in [2.75, 3.05) is 32.8 Å². The zero-order valence-corrected chi connectivity index (χ0v) is 14.9. The zero-order chi connectivity index (χ0) is 17.5. The van der Waals surface area contributed by atoms with Gasteiger partial charge in [0.25, 0.3) is 0 Å². The van der Waals surface area contributed by atoms with E-state index < -0.39 is 0 Å². The molecule has 1 fully saturated rings. The van der Waals surface area contributed by atoms with Crippen LogP contribution in [-0.2, 0) is 13.1 Å². The number of hydrogen-bond acceptors (Lipinski definition) is 5. The maximum atomic E-state index is 9.50. The molecular formula is C19H28N4O2. The lowest BCUT2D eigenvalue weighted by Gasteiger charge is -2.41. The molecule has 1 atom stereocenters. The fourth-order valence-electron chi connectivity index (χ4n) is 3.50. The highest BCUT2D eigenvalue weighted by Crippen LogP contribution is 2.23. The summed E-state index contributed by atoms with van der Waals surface area (Å²) in [6.07, 6.45) is 2.58. The van der Waals surface area contributed by atoms with Gasteiger partial charge in [-0.25, -0.2) is 0 Å². The second kappa shape index (κ2) is 8.99. The van der Waals surface area contributed by atoms with Crippen LogP contribution < -0.4 is 4.74 Å². The summed E-state index contributed by atoms with van der Waals surface area (Å²) in [6.45, 7) is 7.60. The Hall–Kier alpha value is -1.89. The number of aromatic amines is 1. The standard InChI is InChI=1S/C19H28N4O2/c1-2-25-19-6-4-3-5-16(19)13-23-11-10-22(15-18(23)8-12-24)14-17-7-9-20-21-17/h3-7,9,18,24H,2,8,10-15H2,1H3,(H,20,21)/t18-/m0/s1. The predicted octanol–water partition coefficient (Wildman–Crippen LogP) is 1.88. The third kappa shape index (κ3) is 4.81. The van der Waals surface area contributed by atoms with Gasteiger partial charge in [0.1, 0.15) is 5.75 Å². The third-order valence-electron chi connectivity index (χ3n) is 4.75. The van der Waals surface area contributed by atoms with Crippen LogP contribution in [0.4, 0.5) is 0 Å². The molecule has 0 amide bonds. The first-order chi connectivity index (χ1) is 12.3. The van der Waals surface area contributed by atoms with Crippen molar-refractivity contribution in [1.82, 2.24) is 20.0 Å². The summed E-state index contributed by atoms with van der Waals surface area (Å²) >= 11 is 0. The van der Waals surface area contributed by atoms with E-state index in [9.17, 15) is 5.11 Å². The van der Waals surface area contributed by atoms with Gasteiger partial charge in [-0.2, -0.15) is 5.10 Å². The number of H-pyrrole nitrogens is 1. The Bertz CT molecular complexity index is 632. The summed E-state index contributed by atoms with van der Waals surface area (Å²) in [4.78, 5) is 4.90. The van der Waals surface area contributed by atoms with Gasteiger partial charge >= 0.3 is 0 Å². The van der Waals surface area contributed by atoms with E-state index in [-0.39, 0.29) is 6.61 Å². The summed E-state index contributed by atoms with van der Waals surface area (Å²) in [5.41, 5.74) is 2.35. The first-order valence-electron chi connectivity index (χ1n) is 9.06. The lowest BCUT2D eigenvalue weighted by atomic mass is 10.1. The Labute approximate surface area is 149 Å². The summed E-state index contributed by atoms with van der Waals surface area (Å²) < 4.78 is 5.77. The van der Waals surface area contributed by atoms with Crippen LogP contribution in [0.2, 0.25) is 0 Å². The van der Waals surface area contributed by atoms with Crippen LogP contribution in [0.5, 0.6) is 5.75 Å². The van der Waals surface area contributed by atoms with Crippen LogP contribution in [0.3, 0.4) is 0 Å². The summed E-state index contributed by atoms with van der Waals surface area (Å²) in [7, 11) is 0. The van der Waals surface area contributed by atoms with Crippen molar-refractivity contribution in [2.45, 2.75) is 32.5 Å². The topological polar surface area (TPSA) is 64.6 Å². The number of aromatic nitrogens is 2. The molecule has 2 heterocycles. The molecular weight excluding hydrogens is 316 g/mol. The molecule has 136 valence electrons. The van der Waals surface area contributed by atoms with Crippen LogP contribution in [0.15, 0.2) is 36.5 Å². The van der Waals surface area contributed by atoms with Crippen LogP contribution >= 0.6 is 0 Å². The van der Waals surface area contributed by atoms with Crippen molar-refractivity contribution in [2.24, 2.45) is 0 Å². The quantitative estimate of drug-likeness (QED) is 0.765. The molecule has 0 spiro atoms. The Morgan fingerprint density at radius 2 is 2.12 bits per heavy atom. The molecule has 1 aliphatic heterocycles. The van der Waals surface area contributed by atoms with E-state index in [0.717, 1.165) is 50.6 Å². The van der Waals surface area contributed by atoms with E-state index in [4.69, 9.17) is 4.74 Å². The number of ether oxygens (including phenoxy) is 1. The highest BCUT2D eigenvalue weighted by molar-refractivity contribution is 5.33. The molecule has 2 N–H and O–H groups in total. The normalized spacial score (nSPS) is 19.2. The van der Waals surface area contributed by atoms with E-state index >= 15 is 0 Å². The Kier molecular flexibility index (Phi) is 6.44. The Morgan fingerprint density at radius 3 is 2.88 bits per heavy atom. The lowest BCUT2D eigenvalue weighted by molar-refractivity contribution is 0.0488. The summed E-state index contributed by atoms with van der Waals surface area (Å²) in [6, 6.07) is 10.6. The van der Waals surface area contributed by atoms with Crippen molar-refractivity contribution < 1.29 is 9.84 Å². The maximum absolute atomic E-state index is 9.50. The Balaban J connectivity index is 1.65. The summed E-state index contributed by atoms with van der Waals surface area (Å²) in [5.74, 6) is 0.965. The van der Waals surface area contributed by atoms with Crippen molar-refractivity contribution in [1.29, 1.82) is 0 Å². The van der Waals surface area contributed by atoms with E-state index in [0.29, 0.717) is 12.6 Å². The second-order valence-electron chi connectivity index (χ2n) is 6.49. The van der Waals surface area contributed by atoms with Crippen LogP contribution in [0.25, 0.3) is 0 Å². The number of nitrogens with one attached hydrogen (secondary N) is 1. The van der Waals surface area contributed by atoms with Gasteiger partial charge in [0.05, 0.1) is 6.61 Å². The van der Waals surface area contributed by atoms with Crippen molar-refractivity contribution in [3.05, 3.63) is 47.8 Å². The number of piperazine rings is 1. The minimum atomic E-state index is 0.214. The third-order valence-corrected chi connectivity index (χ3v) is 4.75. The monoisotopic (exact) mass is 344 g/mol. The molecule has 1 aromatic carbocycles. The molecule has 2 aromatic rings. The van der Waals surface area contributed by atoms with Gasteiger partial charge in [-0.15, -0.1) is 0 Å². The molecule has 1 aromatic heterocycles. The van der Waals surface area contributed by atoms with Crippen LogP contribution in [0, 0.1) is 0 Å². The van der Waals surface area contributed by atoms with Gasteiger partial charge in [-0.1, -0.05) is 18.2 Å². The largest absolute Gasteiger partial charge is 0.494 e. The molecule has 0 radical (unpaired) electrons. The molecule has 25 heavy (non-hydrogen) atoms. The Morgan fingerprint density at radius 1 is 1.24 bits per heavy atom. The van der Waals surface area contributed by atoms with Crippen LogP contribution in [-0.4, -0.2) is 64.0 Å². The van der Waals surface area contributed by atoms with Gasteiger partial charge < -0.3 is 9.84 Å². The number of hydrogen-bond donors (Lipinski definition) is 2. The van der Waals surface area contributed by atoms with Gasteiger partial charge in [0.2, 0.25) is 0 Å². The van der Waals surface area contributed by atoms with Crippen molar-refractivity contribution in [3.8, 4) is 5.75 Å². The zero-order valence-electron chi connectivity index (χ0n) is 14.9. The number of benzene rings is 1. The smallest absolute Gasteiger partial charge is 0.123 e. The first kappa shape index (κ1) is 17.9. The molecule has 0 unspecified atom stereocenters. The molecule has 0 aliphatic carbocycles. The minimum absolute atomic E-state index is 0.214. The van der Waals surface area contributed by atoms with E-state index in [1.165, 1.54) is 5.56 Å². The first-order valence-corrected chi connectivity index (χ1v) is 9.06. The molecule has 6 heteroatoms. The van der Waals surface area contributed by atoms with Crippen LogP contribution in [0.1, 0.15) is 24.6 Å². The second-order valence-corrected chi connectivity index (χ2v) is 6.49. The number of para-hydroxylation sites is 1. The van der Waals surface area contributed by atoms with E-state index in [2.05, 4.69) is 32.1 Å². The molecule has 0 bridgehead atoms. The highest BCUT2D eigenvalue weighted by atomic mass is 16.5. The SMILES string of the molecule is CCOc1ccccc1CN1CCN(Cc2ccn[nH]2)C[C@@H]1CCO. The van der Waals surface area contributed by atoms with Gasteiger partial charge in [-0.3, -0.25) is 14.9 Å². The molecule has 0 saturated carbocycles. The number of nitrogens with zero attached hydrogens (tertiary/aromatic N) is 3. The van der Waals surface area contributed by atoms with E-state index in [1.54, 1.807) is 6.20 Å². The fourth-order valence-corrected chi connectivity index (χ4v) is 3.50. The number of rotatable bonds is 8. The lowest BCUT2D eigenvalue weighted by Crippen LogP contribution is -2.52. The summed E-state index contributed by atoms with van der Waals surface area (Å²) in [5, 5.41) is 16.6. The van der Waals surface area contributed by atoms with E-state index in [1.807, 2.05) is 25.1 Å². The minimum Gasteiger partial charge on any atom is -0.494 e. The fraction of sp³-hybridized carbons (Fsp3) is 0.526. The van der Waals surface area contributed by atoms with Crippen molar-refractivity contribution >= 4 is 0 Å². The van der Waals surface area contributed by atoms with Gasteiger partial charge in [0.15, 0.2) is 0 Å². The van der Waals surface area contributed by atoms with Gasteiger partial charge in [0, 0.05) is 62.8 Å². The average molecular weight is 344 g/mol. The number of aliphatic hydroxyl groups excluding tert-OH is 1. The van der Waals surface area contributed by atoms with Gasteiger partial charge in [-0.05, 0) is 25.5 Å².